The molecule has 0 atom stereocenters. The highest BCUT2D eigenvalue weighted by Crippen LogP contribution is 2.07. The lowest BCUT2D eigenvalue weighted by atomic mass is 10.2. The molecule has 0 unspecified atom stereocenters. The van der Waals surface area contributed by atoms with E-state index < -0.39 is 6.09 Å². The van der Waals surface area contributed by atoms with Gasteiger partial charge in [-0.3, -0.25) is 0 Å². The van der Waals surface area contributed by atoms with Crippen LogP contribution in [0.25, 0.3) is 0 Å². The van der Waals surface area contributed by atoms with Crippen molar-refractivity contribution in [2.24, 2.45) is 5.73 Å². The number of primary amides is 1. The second-order valence-corrected chi connectivity index (χ2v) is 5.65. The van der Waals surface area contributed by atoms with Crippen molar-refractivity contribution < 1.29 is 9.53 Å². The Kier molecular flexibility index (Phi) is 9.99. The first-order valence-corrected chi connectivity index (χ1v) is 8.51. The summed E-state index contributed by atoms with van der Waals surface area (Å²) in [5.74, 6) is 0.228. The Balaban J connectivity index is 2.27. The van der Waals surface area contributed by atoms with Gasteiger partial charge in [0.25, 0.3) is 0 Å². The van der Waals surface area contributed by atoms with E-state index in [1.165, 1.54) is 38.8 Å². The van der Waals surface area contributed by atoms with Crippen molar-refractivity contribution in [1.29, 1.82) is 0 Å². The van der Waals surface area contributed by atoms with E-state index in [1.807, 2.05) is 6.07 Å². The van der Waals surface area contributed by atoms with Crippen molar-refractivity contribution in [2.75, 3.05) is 26.2 Å². The van der Waals surface area contributed by atoms with E-state index in [2.05, 4.69) is 29.0 Å². The number of nitrogens with zero attached hydrogens (tertiary/aromatic N) is 2. The maximum Gasteiger partial charge on any atom is 0.411 e. The molecule has 0 saturated heterocycles. The Bertz CT molecular complexity index is 429. The number of carbonyl (C=O) groups excluding carboxylic acids is 1. The Morgan fingerprint density at radius 2 is 1.91 bits per heavy atom. The summed E-state index contributed by atoms with van der Waals surface area (Å²) in [6.45, 7) is 9.59. The number of pyridine rings is 1. The topological polar surface area (TPSA) is 80.5 Å². The Hall–Kier alpha value is -1.66. The predicted molar refractivity (Wildman–Crippen MR) is 92.4 cm³/mol. The maximum absolute atomic E-state index is 10.6. The third-order valence-corrected chi connectivity index (χ3v) is 3.59. The number of nitrogens with two attached hydrogens (primary N) is 1. The first-order chi connectivity index (χ1) is 11.2. The first kappa shape index (κ1) is 19.4. The molecule has 1 aromatic rings. The minimum atomic E-state index is -0.845. The van der Waals surface area contributed by atoms with Gasteiger partial charge in [-0.2, -0.15) is 0 Å². The molecule has 0 spiro atoms. The van der Waals surface area contributed by atoms with E-state index in [0.29, 0.717) is 0 Å². The van der Waals surface area contributed by atoms with Gasteiger partial charge in [0.1, 0.15) is 0 Å². The third-order valence-electron chi connectivity index (χ3n) is 3.59. The molecule has 0 radical (unpaired) electrons. The number of rotatable bonds is 12. The quantitative estimate of drug-likeness (QED) is 0.578. The summed E-state index contributed by atoms with van der Waals surface area (Å²) in [5, 5.41) is 3.43. The van der Waals surface area contributed by atoms with Crippen LogP contribution in [0.3, 0.4) is 0 Å². The van der Waals surface area contributed by atoms with E-state index in [-0.39, 0.29) is 5.88 Å². The van der Waals surface area contributed by atoms with E-state index in [1.54, 1.807) is 12.3 Å². The van der Waals surface area contributed by atoms with Crippen molar-refractivity contribution in [3.8, 4) is 5.88 Å². The molecule has 0 saturated carbocycles. The lowest BCUT2D eigenvalue weighted by molar-refractivity contribution is 0.209. The highest BCUT2D eigenvalue weighted by molar-refractivity contribution is 5.67. The summed E-state index contributed by atoms with van der Waals surface area (Å²) in [5.41, 5.74) is 5.99. The number of hydrogen-bond acceptors (Lipinski definition) is 5. The van der Waals surface area contributed by atoms with Gasteiger partial charge in [-0.15, -0.1) is 0 Å². The van der Waals surface area contributed by atoms with Crippen molar-refractivity contribution >= 4 is 6.09 Å². The Labute approximate surface area is 139 Å². The molecule has 6 heteroatoms. The van der Waals surface area contributed by atoms with E-state index >= 15 is 0 Å². The van der Waals surface area contributed by atoms with Gasteiger partial charge in [0.15, 0.2) is 0 Å². The summed E-state index contributed by atoms with van der Waals surface area (Å²) in [4.78, 5) is 17.2. The van der Waals surface area contributed by atoms with Crippen LogP contribution in [0.1, 0.15) is 45.1 Å². The fourth-order valence-electron chi connectivity index (χ4n) is 2.25. The number of nitrogens with one attached hydrogen (secondary N) is 1. The molecule has 6 nitrogen and oxygen atoms in total. The zero-order valence-corrected chi connectivity index (χ0v) is 14.4. The standard InChI is InChI=1S/C17H30N4O2/c1-3-5-10-21(11-6-4-2)12-9-19-13-15-7-8-16(20-14-15)23-17(18)22/h7-8,14,19H,3-6,9-13H2,1-2H3,(H2,18,22). The molecule has 1 heterocycles. The zero-order valence-electron chi connectivity index (χ0n) is 14.4. The van der Waals surface area contributed by atoms with Crippen LogP contribution in [0.4, 0.5) is 4.79 Å². The minimum Gasteiger partial charge on any atom is -0.391 e. The molecule has 1 rings (SSSR count). The summed E-state index contributed by atoms with van der Waals surface area (Å²) in [6.07, 6.45) is 5.84. The van der Waals surface area contributed by atoms with Crippen LogP contribution < -0.4 is 15.8 Å². The van der Waals surface area contributed by atoms with Gasteiger partial charge in [-0.25, -0.2) is 9.78 Å². The SMILES string of the molecule is CCCCN(CCCC)CCNCc1ccc(OC(N)=O)nc1. The van der Waals surface area contributed by atoms with Crippen LogP contribution in [0.5, 0.6) is 5.88 Å². The number of unbranched alkanes of at least 4 members (excludes halogenated alkanes) is 2. The van der Waals surface area contributed by atoms with Crippen LogP contribution in [0.15, 0.2) is 18.3 Å². The lowest BCUT2D eigenvalue weighted by Gasteiger charge is -2.22. The zero-order chi connectivity index (χ0) is 16.9. The molecular weight excluding hydrogens is 292 g/mol. The third kappa shape index (κ3) is 9.15. The van der Waals surface area contributed by atoms with Gasteiger partial charge in [0.2, 0.25) is 5.88 Å². The average molecular weight is 322 g/mol. The summed E-state index contributed by atoms with van der Waals surface area (Å²) in [6, 6.07) is 3.53. The number of ether oxygens (including phenoxy) is 1. The van der Waals surface area contributed by atoms with Crippen LogP contribution >= 0.6 is 0 Å². The number of hydrogen-bond donors (Lipinski definition) is 2. The van der Waals surface area contributed by atoms with E-state index in [0.717, 1.165) is 25.2 Å². The van der Waals surface area contributed by atoms with Crippen molar-refractivity contribution in [3.05, 3.63) is 23.9 Å². The summed E-state index contributed by atoms with van der Waals surface area (Å²) in [7, 11) is 0. The molecule has 0 aliphatic rings. The summed E-state index contributed by atoms with van der Waals surface area (Å²) >= 11 is 0. The van der Waals surface area contributed by atoms with Crippen LogP contribution in [0.2, 0.25) is 0 Å². The van der Waals surface area contributed by atoms with E-state index in [4.69, 9.17) is 10.5 Å². The Morgan fingerprint density at radius 3 is 2.43 bits per heavy atom. The summed E-state index contributed by atoms with van der Waals surface area (Å²) < 4.78 is 4.70. The highest BCUT2D eigenvalue weighted by Gasteiger charge is 2.04. The van der Waals surface area contributed by atoms with E-state index in [9.17, 15) is 4.79 Å². The van der Waals surface area contributed by atoms with Crippen LogP contribution in [-0.4, -0.2) is 42.2 Å². The Morgan fingerprint density at radius 1 is 1.22 bits per heavy atom. The average Bonchev–Trinajstić information content (AvgIpc) is 2.54. The van der Waals surface area contributed by atoms with Gasteiger partial charge in [-0.05, 0) is 31.5 Å². The molecule has 130 valence electrons. The number of amides is 1. The molecule has 0 aliphatic heterocycles. The maximum atomic E-state index is 10.6. The van der Waals surface area contributed by atoms with Crippen LogP contribution in [-0.2, 0) is 6.54 Å². The van der Waals surface area contributed by atoms with Crippen molar-refractivity contribution in [3.63, 3.8) is 0 Å². The minimum absolute atomic E-state index is 0.228. The molecule has 0 aromatic carbocycles. The largest absolute Gasteiger partial charge is 0.411 e. The predicted octanol–water partition coefficient (Wildman–Crippen LogP) is 2.53. The monoisotopic (exact) mass is 322 g/mol. The molecule has 3 N–H and O–H groups in total. The number of carbonyl (C=O) groups is 1. The normalized spacial score (nSPS) is 10.9. The highest BCUT2D eigenvalue weighted by atomic mass is 16.6. The molecule has 1 aromatic heterocycles. The fourth-order valence-corrected chi connectivity index (χ4v) is 2.25. The second-order valence-electron chi connectivity index (χ2n) is 5.65. The van der Waals surface area contributed by atoms with Gasteiger partial charge in [-0.1, -0.05) is 32.8 Å². The molecule has 1 amide bonds. The molecule has 23 heavy (non-hydrogen) atoms. The smallest absolute Gasteiger partial charge is 0.391 e. The molecule has 0 fully saturated rings. The molecule has 0 bridgehead atoms. The first-order valence-electron chi connectivity index (χ1n) is 8.51. The van der Waals surface area contributed by atoms with Crippen molar-refractivity contribution in [2.45, 2.75) is 46.1 Å². The van der Waals surface area contributed by atoms with Crippen molar-refractivity contribution in [1.82, 2.24) is 15.2 Å². The molecule has 0 aliphatic carbocycles. The van der Waals surface area contributed by atoms with Gasteiger partial charge in [0.05, 0.1) is 0 Å². The van der Waals surface area contributed by atoms with Crippen LogP contribution in [0, 0.1) is 0 Å². The second kappa shape index (κ2) is 11.8. The van der Waals surface area contributed by atoms with Gasteiger partial charge >= 0.3 is 6.09 Å². The molecular formula is C17H30N4O2. The lowest BCUT2D eigenvalue weighted by Crippen LogP contribution is -2.33. The fraction of sp³-hybridized carbons (Fsp3) is 0.647. The van der Waals surface area contributed by atoms with Gasteiger partial charge in [0, 0.05) is 31.9 Å². The van der Waals surface area contributed by atoms with Gasteiger partial charge < -0.3 is 20.7 Å². The number of aromatic nitrogens is 1.